The van der Waals surface area contributed by atoms with Gasteiger partial charge in [0.15, 0.2) is 11.4 Å². The average molecular weight is 234 g/mol. The van der Waals surface area contributed by atoms with Crippen molar-refractivity contribution in [3.63, 3.8) is 0 Å². The lowest BCUT2D eigenvalue weighted by molar-refractivity contribution is 0.0640. The Kier molecular flexibility index (Phi) is 1.95. The lowest BCUT2D eigenvalue weighted by Crippen LogP contribution is -2.18. The predicted molar refractivity (Wildman–Crippen MR) is 55.3 cm³/mol. The fraction of sp³-hybridized carbons (Fsp3) is 0.455. The molecule has 2 atom stereocenters. The first kappa shape index (κ1) is 10.2. The largest absolute Gasteiger partial charge is 0.476 e. The Balaban J connectivity index is 2.21. The predicted octanol–water partition coefficient (Wildman–Crippen LogP) is 1.24. The fourth-order valence-corrected chi connectivity index (χ4v) is 2.84. The molecule has 17 heavy (non-hydrogen) atoms. The lowest BCUT2D eigenvalue weighted by atomic mass is 10.00. The van der Waals surface area contributed by atoms with E-state index in [1.807, 2.05) is 0 Å². The van der Waals surface area contributed by atoms with Crippen molar-refractivity contribution < 1.29 is 19.8 Å². The van der Waals surface area contributed by atoms with Crippen molar-refractivity contribution in [1.82, 2.24) is 9.97 Å². The first-order valence-corrected chi connectivity index (χ1v) is 5.46. The normalized spacial score (nSPS) is 24.7. The van der Waals surface area contributed by atoms with E-state index in [0.29, 0.717) is 11.4 Å². The zero-order valence-corrected chi connectivity index (χ0v) is 8.88. The highest BCUT2D eigenvalue weighted by Crippen LogP contribution is 2.51. The molecule has 6 heteroatoms. The van der Waals surface area contributed by atoms with E-state index in [1.54, 1.807) is 0 Å². The van der Waals surface area contributed by atoms with Crippen molar-refractivity contribution in [2.45, 2.75) is 31.1 Å². The molecule has 1 aromatic heterocycles. The van der Waals surface area contributed by atoms with Crippen LogP contribution in [-0.4, -0.2) is 32.1 Å². The van der Waals surface area contributed by atoms with E-state index in [-0.39, 0.29) is 11.8 Å². The van der Waals surface area contributed by atoms with Gasteiger partial charge in [-0.3, -0.25) is 0 Å². The minimum atomic E-state index is -1.33. The standard InChI is InChI=1S/C11H10N2O4/c14-10(15)8-9(11(16)17)13-7-5-2-1-4(3-5)6(7)12-8/h4-5H,1-3H2,(H,14,15)(H,16,17)/t4-,5-/m0/s1. The van der Waals surface area contributed by atoms with Crippen molar-refractivity contribution >= 4 is 11.9 Å². The van der Waals surface area contributed by atoms with Crippen LogP contribution in [0.3, 0.4) is 0 Å². The number of rotatable bonds is 2. The highest BCUT2D eigenvalue weighted by molar-refractivity contribution is 5.98. The third kappa shape index (κ3) is 1.33. The number of aromatic carboxylic acids is 2. The molecular weight excluding hydrogens is 224 g/mol. The summed E-state index contributed by atoms with van der Waals surface area (Å²) in [5.74, 6) is -2.13. The summed E-state index contributed by atoms with van der Waals surface area (Å²) in [4.78, 5) is 30.0. The van der Waals surface area contributed by atoms with Crippen LogP contribution in [0.1, 0.15) is 63.5 Å². The number of carboxylic acids is 2. The maximum absolute atomic E-state index is 11.0. The van der Waals surface area contributed by atoms with Gasteiger partial charge in [-0.1, -0.05) is 0 Å². The van der Waals surface area contributed by atoms with E-state index in [2.05, 4.69) is 9.97 Å². The molecular formula is C11H10N2O4. The second-order valence-corrected chi connectivity index (χ2v) is 4.51. The molecule has 2 aliphatic carbocycles. The van der Waals surface area contributed by atoms with Crippen molar-refractivity contribution in [3.8, 4) is 0 Å². The average Bonchev–Trinajstić information content (AvgIpc) is 2.87. The SMILES string of the molecule is O=C(O)c1nc2c(nc1C(=O)O)[C@H]1CC[C@H]2C1. The van der Waals surface area contributed by atoms with Gasteiger partial charge in [-0.05, 0) is 19.3 Å². The van der Waals surface area contributed by atoms with Crippen molar-refractivity contribution in [2.75, 3.05) is 0 Å². The first-order chi connectivity index (χ1) is 8.08. The molecule has 0 unspecified atom stereocenters. The van der Waals surface area contributed by atoms with Gasteiger partial charge < -0.3 is 10.2 Å². The molecule has 3 rings (SSSR count). The number of aromatic nitrogens is 2. The number of fused-ring (bicyclic) bond motifs is 5. The number of nitrogens with zero attached hydrogens (tertiary/aromatic N) is 2. The van der Waals surface area contributed by atoms with Crippen LogP contribution in [-0.2, 0) is 0 Å². The third-order valence-electron chi connectivity index (χ3n) is 3.56. The zero-order valence-electron chi connectivity index (χ0n) is 8.88. The molecule has 0 saturated heterocycles. The summed E-state index contributed by atoms with van der Waals surface area (Å²) in [6.45, 7) is 0. The first-order valence-electron chi connectivity index (χ1n) is 5.46. The Labute approximate surface area is 96.3 Å². The van der Waals surface area contributed by atoms with Crippen molar-refractivity contribution in [3.05, 3.63) is 22.8 Å². The summed E-state index contributed by atoms with van der Waals surface area (Å²) in [6, 6.07) is 0. The minimum absolute atomic E-state index is 0.267. The van der Waals surface area contributed by atoms with Crippen LogP contribution >= 0.6 is 0 Å². The summed E-state index contributed by atoms with van der Waals surface area (Å²) in [7, 11) is 0. The monoisotopic (exact) mass is 234 g/mol. The second kappa shape index (κ2) is 3.26. The molecule has 2 aliphatic rings. The Bertz CT molecular complexity index is 494. The van der Waals surface area contributed by atoms with E-state index >= 15 is 0 Å². The van der Waals surface area contributed by atoms with Crippen LogP contribution in [0.2, 0.25) is 0 Å². The van der Waals surface area contributed by atoms with Gasteiger partial charge in [0.2, 0.25) is 0 Å². The number of carboxylic acid groups (broad SMARTS) is 2. The third-order valence-corrected chi connectivity index (χ3v) is 3.56. The van der Waals surface area contributed by atoms with Crippen molar-refractivity contribution in [1.29, 1.82) is 0 Å². The summed E-state index contributed by atoms with van der Waals surface area (Å²) >= 11 is 0. The lowest BCUT2D eigenvalue weighted by Gasteiger charge is -2.14. The van der Waals surface area contributed by atoms with E-state index in [1.165, 1.54) is 0 Å². The van der Waals surface area contributed by atoms with Gasteiger partial charge in [0.25, 0.3) is 0 Å². The zero-order chi connectivity index (χ0) is 12.2. The van der Waals surface area contributed by atoms with Crippen LogP contribution in [0.25, 0.3) is 0 Å². The number of carbonyl (C=O) groups is 2. The van der Waals surface area contributed by atoms with Gasteiger partial charge in [0.05, 0.1) is 11.4 Å². The molecule has 2 N–H and O–H groups in total. The highest BCUT2D eigenvalue weighted by Gasteiger charge is 2.41. The summed E-state index contributed by atoms with van der Waals surface area (Å²) in [5.41, 5.74) is 0.514. The van der Waals surface area contributed by atoms with Crippen LogP contribution < -0.4 is 0 Å². The van der Waals surface area contributed by atoms with Gasteiger partial charge in [-0.15, -0.1) is 0 Å². The molecule has 1 fully saturated rings. The van der Waals surface area contributed by atoms with Crippen LogP contribution in [0.15, 0.2) is 0 Å². The highest BCUT2D eigenvalue weighted by atomic mass is 16.4. The molecule has 1 heterocycles. The fourth-order valence-electron chi connectivity index (χ4n) is 2.84. The van der Waals surface area contributed by atoms with Gasteiger partial charge >= 0.3 is 11.9 Å². The molecule has 6 nitrogen and oxygen atoms in total. The summed E-state index contributed by atoms with van der Waals surface area (Å²) in [6.07, 6.45) is 2.92. The number of hydrogen-bond acceptors (Lipinski definition) is 4. The maximum atomic E-state index is 11.0. The molecule has 0 radical (unpaired) electrons. The van der Waals surface area contributed by atoms with Gasteiger partial charge in [0, 0.05) is 11.8 Å². The Hall–Kier alpha value is -1.98. The van der Waals surface area contributed by atoms with E-state index < -0.39 is 23.3 Å². The molecule has 2 bridgehead atoms. The molecule has 0 aliphatic heterocycles. The van der Waals surface area contributed by atoms with Gasteiger partial charge in [0.1, 0.15) is 0 Å². The minimum Gasteiger partial charge on any atom is -0.476 e. The van der Waals surface area contributed by atoms with Crippen LogP contribution in [0.4, 0.5) is 0 Å². The van der Waals surface area contributed by atoms with Crippen molar-refractivity contribution in [2.24, 2.45) is 0 Å². The van der Waals surface area contributed by atoms with Gasteiger partial charge in [-0.25, -0.2) is 19.6 Å². The Morgan fingerprint density at radius 3 is 1.71 bits per heavy atom. The van der Waals surface area contributed by atoms with Crippen LogP contribution in [0.5, 0.6) is 0 Å². The molecule has 88 valence electrons. The Morgan fingerprint density at radius 2 is 1.35 bits per heavy atom. The molecule has 1 saturated carbocycles. The number of hydrogen-bond donors (Lipinski definition) is 2. The van der Waals surface area contributed by atoms with E-state index in [0.717, 1.165) is 19.3 Å². The van der Waals surface area contributed by atoms with E-state index in [9.17, 15) is 9.59 Å². The topological polar surface area (TPSA) is 100 Å². The molecule has 0 amide bonds. The quantitative estimate of drug-likeness (QED) is 0.798. The molecule has 1 aromatic rings. The summed E-state index contributed by atoms with van der Waals surface area (Å²) in [5, 5.41) is 17.9. The van der Waals surface area contributed by atoms with E-state index in [4.69, 9.17) is 10.2 Å². The smallest absolute Gasteiger partial charge is 0.357 e. The Morgan fingerprint density at radius 1 is 0.941 bits per heavy atom. The second-order valence-electron chi connectivity index (χ2n) is 4.51. The maximum Gasteiger partial charge on any atom is 0.357 e. The van der Waals surface area contributed by atoms with Crippen LogP contribution in [0, 0.1) is 0 Å². The molecule has 0 spiro atoms. The summed E-state index contributed by atoms with van der Waals surface area (Å²) < 4.78 is 0. The molecule has 0 aromatic carbocycles. The van der Waals surface area contributed by atoms with Gasteiger partial charge in [-0.2, -0.15) is 0 Å².